The highest BCUT2D eigenvalue weighted by Gasteiger charge is 2.24. The van der Waals surface area contributed by atoms with Crippen LogP contribution in [0.5, 0.6) is 0 Å². The van der Waals surface area contributed by atoms with E-state index in [1.165, 1.54) is 11.3 Å². The standard InChI is InChI=1S/C13H11N3OS/c1-7-2-3-11-9(4-7)10(12(17)16-11)5-8-6-15-13(14)18-8/h2-6H,1H3,(H2,14,15)(H,16,17)/b10-5+. The number of nitrogens with zero attached hydrogens (tertiary/aromatic N) is 1. The van der Waals surface area contributed by atoms with Crippen molar-refractivity contribution in [2.24, 2.45) is 0 Å². The van der Waals surface area contributed by atoms with Crippen LogP contribution in [0.25, 0.3) is 11.6 Å². The average Bonchev–Trinajstić information content (AvgIpc) is 2.86. The molecule has 0 bridgehead atoms. The normalized spacial score (nSPS) is 15.8. The monoisotopic (exact) mass is 257 g/mol. The van der Waals surface area contributed by atoms with Gasteiger partial charge in [-0.1, -0.05) is 23.0 Å². The van der Waals surface area contributed by atoms with Crippen LogP contribution in [-0.2, 0) is 4.79 Å². The summed E-state index contributed by atoms with van der Waals surface area (Å²) in [7, 11) is 0. The topological polar surface area (TPSA) is 68.0 Å². The molecular formula is C13H11N3OS. The highest BCUT2D eigenvalue weighted by molar-refractivity contribution is 7.16. The van der Waals surface area contributed by atoms with E-state index < -0.39 is 0 Å². The van der Waals surface area contributed by atoms with E-state index in [1.54, 1.807) is 6.20 Å². The van der Waals surface area contributed by atoms with Crippen LogP contribution in [0.15, 0.2) is 24.4 Å². The number of aromatic nitrogens is 1. The maximum absolute atomic E-state index is 11.9. The minimum absolute atomic E-state index is 0.0810. The lowest BCUT2D eigenvalue weighted by Crippen LogP contribution is -2.03. The number of nitrogen functional groups attached to an aromatic ring is 1. The molecule has 0 radical (unpaired) electrons. The molecule has 0 atom stereocenters. The molecule has 18 heavy (non-hydrogen) atoms. The molecule has 4 nitrogen and oxygen atoms in total. The third kappa shape index (κ3) is 1.78. The van der Waals surface area contributed by atoms with Crippen LogP contribution < -0.4 is 11.1 Å². The predicted molar refractivity (Wildman–Crippen MR) is 74.2 cm³/mol. The minimum Gasteiger partial charge on any atom is -0.375 e. The van der Waals surface area contributed by atoms with E-state index >= 15 is 0 Å². The van der Waals surface area contributed by atoms with E-state index in [4.69, 9.17) is 5.73 Å². The Hall–Kier alpha value is -2.14. The Labute approximate surface area is 108 Å². The molecule has 1 aromatic heterocycles. The van der Waals surface area contributed by atoms with E-state index in [0.717, 1.165) is 21.7 Å². The maximum Gasteiger partial charge on any atom is 0.256 e. The highest BCUT2D eigenvalue weighted by atomic mass is 32.1. The number of hydrogen-bond acceptors (Lipinski definition) is 4. The van der Waals surface area contributed by atoms with Gasteiger partial charge in [0.25, 0.3) is 5.91 Å². The van der Waals surface area contributed by atoms with Crippen LogP contribution in [0.3, 0.4) is 0 Å². The maximum atomic E-state index is 11.9. The summed E-state index contributed by atoms with van der Waals surface area (Å²) < 4.78 is 0. The molecule has 5 heteroatoms. The summed E-state index contributed by atoms with van der Waals surface area (Å²) in [4.78, 5) is 16.8. The van der Waals surface area contributed by atoms with Crippen LogP contribution in [0.4, 0.5) is 10.8 Å². The van der Waals surface area contributed by atoms with Crippen LogP contribution in [0, 0.1) is 6.92 Å². The lowest BCUT2D eigenvalue weighted by atomic mass is 10.0. The number of benzene rings is 1. The molecular weight excluding hydrogens is 246 g/mol. The lowest BCUT2D eigenvalue weighted by molar-refractivity contribution is -0.110. The molecule has 3 rings (SSSR count). The fourth-order valence-electron chi connectivity index (χ4n) is 1.95. The first-order valence-corrected chi connectivity index (χ1v) is 6.30. The first kappa shape index (κ1) is 11.0. The van der Waals surface area contributed by atoms with E-state index in [-0.39, 0.29) is 5.91 Å². The summed E-state index contributed by atoms with van der Waals surface area (Å²) >= 11 is 1.37. The molecule has 0 aliphatic carbocycles. The molecule has 0 saturated carbocycles. The minimum atomic E-state index is -0.0810. The zero-order valence-corrected chi connectivity index (χ0v) is 10.5. The lowest BCUT2D eigenvalue weighted by Gasteiger charge is -1.99. The fourth-order valence-corrected chi connectivity index (χ4v) is 2.58. The second-order valence-corrected chi connectivity index (χ2v) is 5.26. The van der Waals surface area contributed by atoms with Crippen molar-refractivity contribution in [3.8, 4) is 0 Å². The number of carbonyl (C=O) groups is 1. The Kier molecular flexibility index (Phi) is 2.41. The first-order chi connectivity index (χ1) is 8.63. The number of carbonyl (C=O) groups excluding carboxylic acids is 1. The van der Waals surface area contributed by atoms with Crippen LogP contribution >= 0.6 is 11.3 Å². The number of fused-ring (bicyclic) bond motifs is 1. The molecule has 0 spiro atoms. The van der Waals surface area contributed by atoms with Gasteiger partial charge < -0.3 is 11.1 Å². The second kappa shape index (κ2) is 3.96. The number of rotatable bonds is 1. The summed E-state index contributed by atoms with van der Waals surface area (Å²) in [5.74, 6) is -0.0810. The van der Waals surface area contributed by atoms with E-state index in [2.05, 4.69) is 10.3 Å². The number of nitrogens with one attached hydrogen (secondary N) is 1. The Balaban J connectivity index is 2.11. The van der Waals surface area contributed by atoms with Crippen molar-refractivity contribution in [2.75, 3.05) is 11.1 Å². The van der Waals surface area contributed by atoms with E-state index in [1.807, 2.05) is 31.2 Å². The van der Waals surface area contributed by atoms with E-state index in [9.17, 15) is 4.79 Å². The number of nitrogens with two attached hydrogens (primary N) is 1. The smallest absolute Gasteiger partial charge is 0.256 e. The van der Waals surface area contributed by atoms with Gasteiger partial charge >= 0.3 is 0 Å². The third-order valence-electron chi connectivity index (χ3n) is 2.79. The predicted octanol–water partition coefficient (Wildman–Crippen LogP) is 2.53. The van der Waals surface area contributed by atoms with Gasteiger partial charge in [-0.25, -0.2) is 4.98 Å². The number of amides is 1. The molecule has 1 amide bonds. The van der Waals surface area contributed by atoms with Crippen LogP contribution in [-0.4, -0.2) is 10.9 Å². The summed E-state index contributed by atoms with van der Waals surface area (Å²) in [6, 6.07) is 5.90. The first-order valence-electron chi connectivity index (χ1n) is 5.49. The van der Waals surface area contributed by atoms with Crippen LogP contribution in [0.1, 0.15) is 16.0 Å². The van der Waals surface area contributed by atoms with Crippen molar-refractivity contribution in [3.63, 3.8) is 0 Å². The van der Waals surface area contributed by atoms with Gasteiger partial charge in [0.1, 0.15) is 0 Å². The number of aryl methyl sites for hydroxylation is 1. The molecule has 3 N–H and O–H groups in total. The highest BCUT2D eigenvalue weighted by Crippen LogP contribution is 2.34. The zero-order chi connectivity index (χ0) is 12.7. The molecule has 0 saturated heterocycles. The molecule has 1 aliphatic heterocycles. The van der Waals surface area contributed by atoms with Crippen LogP contribution in [0.2, 0.25) is 0 Å². The summed E-state index contributed by atoms with van der Waals surface area (Å²) in [6.45, 7) is 2.01. The van der Waals surface area contributed by atoms with Gasteiger partial charge in [0, 0.05) is 22.3 Å². The molecule has 0 fully saturated rings. The Morgan fingerprint density at radius 3 is 3.00 bits per heavy atom. The number of hydrogen-bond donors (Lipinski definition) is 2. The van der Waals surface area contributed by atoms with Crippen molar-refractivity contribution >= 4 is 39.7 Å². The second-order valence-electron chi connectivity index (χ2n) is 4.16. The van der Waals surface area contributed by atoms with Crippen molar-refractivity contribution in [2.45, 2.75) is 6.92 Å². The largest absolute Gasteiger partial charge is 0.375 e. The quantitative estimate of drug-likeness (QED) is 0.771. The van der Waals surface area contributed by atoms with Gasteiger partial charge in [-0.3, -0.25) is 4.79 Å². The molecule has 2 heterocycles. The van der Waals surface area contributed by atoms with Gasteiger partial charge in [-0.2, -0.15) is 0 Å². The van der Waals surface area contributed by atoms with Gasteiger partial charge in [0.15, 0.2) is 5.13 Å². The summed E-state index contributed by atoms with van der Waals surface area (Å²) in [6.07, 6.45) is 3.50. The van der Waals surface area contributed by atoms with Crippen molar-refractivity contribution in [1.29, 1.82) is 0 Å². The van der Waals surface area contributed by atoms with Crippen molar-refractivity contribution in [1.82, 2.24) is 4.98 Å². The van der Waals surface area contributed by atoms with E-state index in [0.29, 0.717) is 10.7 Å². The Bertz CT molecular complexity index is 673. The van der Waals surface area contributed by atoms with Gasteiger partial charge in [0.05, 0.1) is 5.57 Å². The fraction of sp³-hybridized carbons (Fsp3) is 0.0769. The van der Waals surface area contributed by atoms with Crippen molar-refractivity contribution < 1.29 is 4.79 Å². The Morgan fingerprint density at radius 1 is 1.44 bits per heavy atom. The van der Waals surface area contributed by atoms with Gasteiger partial charge in [-0.15, -0.1) is 0 Å². The summed E-state index contributed by atoms with van der Waals surface area (Å²) in [5.41, 5.74) is 9.17. The Morgan fingerprint density at radius 2 is 2.28 bits per heavy atom. The number of thiazole rings is 1. The third-order valence-corrected chi connectivity index (χ3v) is 3.56. The molecule has 1 aromatic carbocycles. The van der Waals surface area contributed by atoms with Crippen molar-refractivity contribution in [3.05, 3.63) is 40.4 Å². The SMILES string of the molecule is Cc1ccc2c(c1)/C(=C\c1cnc(N)s1)C(=O)N2. The van der Waals surface area contributed by atoms with Gasteiger partial charge in [-0.05, 0) is 25.1 Å². The molecule has 90 valence electrons. The molecule has 1 aliphatic rings. The molecule has 2 aromatic rings. The van der Waals surface area contributed by atoms with Gasteiger partial charge in [0.2, 0.25) is 0 Å². The zero-order valence-electron chi connectivity index (χ0n) is 9.73. The summed E-state index contributed by atoms with van der Waals surface area (Å²) in [5, 5.41) is 3.35. The average molecular weight is 257 g/mol. The molecule has 0 unspecified atom stereocenters. The number of anilines is 2.